The Morgan fingerprint density at radius 2 is 2.24 bits per heavy atom. The Balaban J connectivity index is 2.20. The van der Waals surface area contributed by atoms with E-state index < -0.39 is 6.10 Å². The Morgan fingerprint density at radius 3 is 2.88 bits per heavy atom. The lowest BCUT2D eigenvalue weighted by atomic mass is 10.0. The molecule has 1 aromatic carbocycles. The van der Waals surface area contributed by atoms with Crippen molar-refractivity contribution in [1.29, 1.82) is 0 Å². The summed E-state index contributed by atoms with van der Waals surface area (Å²) in [6, 6.07) is 5.96. The summed E-state index contributed by atoms with van der Waals surface area (Å²) in [6.07, 6.45) is 1.79. The van der Waals surface area contributed by atoms with E-state index in [0.717, 1.165) is 14.8 Å². The lowest BCUT2D eigenvalue weighted by Crippen LogP contribution is -2.05. The quantitative estimate of drug-likeness (QED) is 0.868. The highest BCUT2D eigenvalue weighted by atomic mass is 127. The zero-order chi connectivity index (χ0) is 12.4. The number of halogens is 1. The molecule has 1 N–H and O–H groups in total. The molecule has 17 heavy (non-hydrogen) atoms. The van der Waals surface area contributed by atoms with Crippen molar-refractivity contribution in [2.45, 2.75) is 19.4 Å². The van der Waals surface area contributed by atoms with Gasteiger partial charge in [-0.1, -0.05) is 23.4 Å². The number of aliphatic hydroxyl groups is 1. The highest BCUT2D eigenvalue weighted by Crippen LogP contribution is 2.24. The molecule has 1 heterocycles. The van der Waals surface area contributed by atoms with Gasteiger partial charge in [0.05, 0.1) is 11.8 Å². The first-order valence-corrected chi connectivity index (χ1v) is 6.44. The number of aliphatic hydroxyl groups excluding tert-OH is 1. The highest BCUT2D eigenvalue weighted by Gasteiger charge is 2.14. The van der Waals surface area contributed by atoms with Gasteiger partial charge in [-0.3, -0.25) is 4.68 Å². The molecule has 1 aromatic heterocycles. The molecule has 0 spiro atoms. The van der Waals surface area contributed by atoms with E-state index in [0.29, 0.717) is 6.42 Å². The van der Waals surface area contributed by atoms with Crippen molar-refractivity contribution in [3.63, 3.8) is 0 Å². The molecule has 0 saturated heterocycles. The van der Waals surface area contributed by atoms with Crippen molar-refractivity contribution in [2.75, 3.05) is 0 Å². The van der Waals surface area contributed by atoms with Crippen LogP contribution in [0.4, 0.5) is 0 Å². The molecule has 0 saturated carbocycles. The minimum absolute atomic E-state index is 0.493. The fourth-order valence-electron chi connectivity index (χ4n) is 1.72. The Hall–Kier alpha value is -0.950. The molecule has 1 unspecified atom stereocenters. The van der Waals surface area contributed by atoms with Gasteiger partial charge in [0.15, 0.2) is 0 Å². The van der Waals surface area contributed by atoms with Crippen LogP contribution in [0.1, 0.15) is 22.9 Å². The highest BCUT2D eigenvalue weighted by molar-refractivity contribution is 14.1. The van der Waals surface area contributed by atoms with E-state index in [2.05, 4.69) is 32.9 Å². The standard InChI is InChI=1S/C12H14IN3O/c1-8-4-3-5-10(12(8)13)11(17)6-9-7-16(2)15-14-9/h3-5,7,11,17H,6H2,1-2H3. The molecule has 0 amide bonds. The first-order chi connectivity index (χ1) is 8.08. The van der Waals surface area contributed by atoms with Gasteiger partial charge in [0.2, 0.25) is 0 Å². The maximum Gasteiger partial charge on any atom is 0.0857 e. The molecule has 0 bridgehead atoms. The normalized spacial score (nSPS) is 12.7. The third-order valence-electron chi connectivity index (χ3n) is 2.63. The van der Waals surface area contributed by atoms with Crippen LogP contribution >= 0.6 is 22.6 Å². The summed E-state index contributed by atoms with van der Waals surface area (Å²) in [6.45, 7) is 2.04. The lowest BCUT2D eigenvalue weighted by molar-refractivity contribution is 0.176. The molecule has 0 radical (unpaired) electrons. The number of benzene rings is 1. The van der Waals surface area contributed by atoms with E-state index in [9.17, 15) is 5.11 Å². The predicted octanol–water partition coefficient (Wildman–Crippen LogP) is 2.00. The Morgan fingerprint density at radius 1 is 1.47 bits per heavy atom. The maximum atomic E-state index is 10.2. The second kappa shape index (κ2) is 5.14. The molecule has 4 nitrogen and oxygen atoms in total. The monoisotopic (exact) mass is 343 g/mol. The average Bonchev–Trinajstić information content (AvgIpc) is 2.68. The van der Waals surface area contributed by atoms with Gasteiger partial charge in [0.25, 0.3) is 0 Å². The molecule has 0 fully saturated rings. The zero-order valence-electron chi connectivity index (χ0n) is 9.76. The minimum atomic E-state index is -0.529. The molecule has 5 heteroatoms. The van der Waals surface area contributed by atoms with Crippen molar-refractivity contribution in [3.05, 3.63) is 44.8 Å². The van der Waals surface area contributed by atoms with Crippen LogP contribution in [-0.2, 0) is 13.5 Å². The Labute approximate surface area is 114 Å². The van der Waals surface area contributed by atoms with Gasteiger partial charge in [-0.05, 0) is 40.6 Å². The second-order valence-corrected chi connectivity index (χ2v) is 5.16. The summed E-state index contributed by atoms with van der Waals surface area (Å²) in [5.41, 5.74) is 2.94. The second-order valence-electron chi connectivity index (χ2n) is 4.08. The van der Waals surface area contributed by atoms with E-state index in [1.165, 1.54) is 5.56 Å². The molecule has 90 valence electrons. The number of rotatable bonds is 3. The van der Waals surface area contributed by atoms with Crippen LogP contribution in [-0.4, -0.2) is 20.1 Å². The van der Waals surface area contributed by atoms with Crippen LogP contribution in [0.3, 0.4) is 0 Å². The molecule has 1 atom stereocenters. The Bertz CT molecular complexity index is 524. The predicted molar refractivity (Wildman–Crippen MR) is 73.6 cm³/mol. The molecular weight excluding hydrogens is 329 g/mol. The minimum Gasteiger partial charge on any atom is -0.388 e. The number of aromatic nitrogens is 3. The molecule has 0 aliphatic heterocycles. The lowest BCUT2D eigenvalue weighted by Gasteiger charge is -2.12. The first kappa shape index (κ1) is 12.5. The maximum absolute atomic E-state index is 10.2. The van der Waals surface area contributed by atoms with Crippen LogP contribution in [0, 0.1) is 10.5 Å². The van der Waals surface area contributed by atoms with Gasteiger partial charge in [-0.15, -0.1) is 5.10 Å². The van der Waals surface area contributed by atoms with Crippen molar-refractivity contribution < 1.29 is 5.11 Å². The van der Waals surface area contributed by atoms with Gasteiger partial charge in [-0.25, -0.2) is 0 Å². The molecule has 2 aromatic rings. The third kappa shape index (κ3) is 2.84. The largest absolute Gasteiger partial charge is 0.388 e. The van der Waals surface area contributed by atoms with E-state index in [1.807, 2.05) is 38.4 Å². The third-order valence-corrected chi connectivity index (χ3v) is 4.11. The smallest absolute Gasteiger partial charge is 0.0857 e. The zero-order valence-corrected chi connectivity index (χ0v) is 11.9. The van der Waals surface area contributed by atoms with Crippen LogP contribution in [0.5, 0.6) is 0 Å². The molecule has 0 aliphatic carbocycles. The van der Waals surface area contributed by atoms with Crippen LogP contribution < -0.4 is 0 Å². The van der Waals surface area contributed by atoms with Gasteiger partial charge >= 0.3 is 0 Å². The van der Waals surface area contributed by atoms with E-state index >= 15 is 0 Å². The fourth-order valence-corrected chi connectivity index (χ4v) is 2.44. The number of hydrogen-bond acceptors (Lipinski definition) is 3. The summed E-state index contributed by atoms with van der Waals surface area (Å²) >= 11 is 2.27. The van der Waals surface area contributed by atoms with E-state index in [-0.39, 0.29) is 0 Å². The van der Waals surface area contributed by atoms with E-state index in [4.69, 9.17) is 0 Å². The molecular formula is C12H14IN3O. The van der Waals surface area contributed by atoms with Crippen molar-refractivity contribution in [1.82, 2.24) is 15.0 Å². The summed E-state index contributed by atoms with van der Waals surface area (Å²) in [4.78, 5) is 0. The van der Waals surface area contributed by atoms with Crippen LogP contribution in [0.25, 0.3) is 0 Å². The van der Waals surface area contributed by atoms with Gasteiger partial charge in [0.1, 0.15) is 0 Å². The first-order valence-electron chi connectivity index (χ1n) is 5.36. The molecule has 2 rings (SSSR count). The van der Waals surface area contributed by atoms with Crippen molar-refractivity contribution >= 4 is 22.6 Å². The SMILES string of the molecule is Cc1cccc(C(O)Cc2cn(C)nn2)c1I. The van der Waals surface area contributed by atoms with Gasteiger partial charge in [-0.2, -0.15) is 0 Å². The topological polar surface area (TPSA) is 50.9 Å². The van der Waals surface area contributed by atoms with Crippen molar-refractivity contribution in [2.24, 2.45) is 7.05 Å². The summed E-state index contributed by atoms with van der Waals surface area (Å²) in [5, 5.41) is 18.0. The number of aryl methyl sites for hydroxylation is 2. The summed E-state index contributed by atoms with van der Waals surface area (Å²) in [5.74, 6) is 0. The molecule has 0 aliphatic rings. The number of nitrogens with zero attached hydrogens (tertiary/aromatic N) is 3. The summed E-state index contributed by atoms with van der Waals surface area (Å²) in [7, 11) is 1.82. The van der Waals surface area contributed by atoms with Gasteiger partial charge in [0, 0.05) is 23.2 Å². The van der Waals surface area contributed by atoms with Crippen molar-refractivity contribution in [3.8, 4) is 0 Å². The fraction of sp³-hybridized carbons (Fsp3) is 0.333. The van der Waals surface area contributed by atoms with E-state index in [1.54, 1.807) is 4.68 Å². The Kier molecular flexibility index (Phi) is 3.78. The van der Waals surface area contributed by atoms with Crippen LogP contribution in [0.2, 0.25) is 0 Å². The average molecular weight is 343 g/mol. The number of hydrogen-bond donors (Lipinski definition) is 1. The van der Waals surface area contributed by atoms with Crippen LogP contribution in [0.15, 0.2) is 24.4 Å². The van der Waals surface area contributed by atoms with Gasteiger partial charge < -0.3 is 5.11 Å². The summed E-state index contributed by atoms with van der Waals surface area (Å²) < 4.78 is 2.75.